The van der Waals surface area contributed by atoms with Crippen molar-refractivity contribution in [3.05, 3.63) is 23.5 Å². The summed E-state index contributed by atoms with van der Waals surface area (Å²) in [5.41, 5.74) is 1.52. The van der Waals surface area contributed by atoms with Crippen LogP contribution in [-0.4, -0.2) is 18.1 Å². The first-order valence-corrected chi connectivity index (χ1v) is 4.21. The second-order valence-electron chi connectivity index (χ2n) is 2.05. The van der Waals surface area contributed by atoms with E-state index in [1.807, 2.05) is 0 Å². The molecule has 0 bridgehead atoms. The topological polar surface area (TPSA) is 42.1 Å². The van der Waals surface area contributed by atoms with Gasteiger partial charge in [0.1, 0.15) is 5.69 Å². The first kappa shape index (κ1) is 11.5. The molecule has 0 radical (unpaired) electrons. The summed E-state index contributed by atoms with van der Waals surface area (Å²) in [5.74, 6) is -0.336. The zero-order valence-corrected chi connectivity index (χ0v) is 8.87. The van der Waals surface area contributed by atoms with Crippen LogP contribution in [-0.2, 0) is 10.1 Å². The number of alkyl halides is 1. The summed E-state index contributed by atoms with van der Waals surface area (Å²) in [7, 11) is 1.36. The highest BCUT2D eigenvalue weighted by molar-refractivity contribution is 9.08. The van der Waals surface area contributed by atoms with Gasteiger partial charge in [-0.1, -0.05) is 15.9 Å². The van der Waals surface area contributed by atoms with E-state index in [0.29, 0.717) is 5.69 Å². The van der Waals surface area contributed by atoms with Crippen molar-refractivity contribution in [2.24, 2.45) is 0 Å². The van der Waals surface area contributed by atoms with Crippen LogP contribution in [0.1, 0.15) is 16.1 Å². The summed E-state index contributed by atoms with van der Waals surface area (Å²) < 4.78 is 4.51. The lowest BCUT2D eigenvalue weighted by Crippen LogP contribution is -2.00. The number of halogens is 2. The molecule has 1 rings (SSSR count). The van der Waals surface area contributed by atoms with Crippen molar-refractivity contribution in [1.29, 1.82) is 0 Å². The maximum absolute atomic E-state index is 10.9. The number of H-pyrrole nitrogens is 1. The SMILES string of the molecule is COC(=O)c1cc(CBr)c[nH]1.Cl. The molecule has 0 spiro atoms. The number of methoxy groups -OCH3 is 1. The van der Waals surface area contributed by atoms with Crippen LogP contribution in [0.3, 0.4) is 0 Å². The van der Waals surface area contributed by atoms with Gasteiger partial charge in [0, 0.05) is 11.5 Å². The Hall–Kier alpha value is -0.480. The van der Waals surface area contributed by atoms with Crippen molar-refractivity contribution in [3.63, 3.8) is 0 Å². The maximum Gasteiger partial charge on any atom is 0.354 e. The summed E-state index contributed by atoms with van der Waals surface area (Å²) in [6.45, 7) is 0. The van der Waals surface area contributed by atoms with Crippen LogP contribution in [0.15, 0.2) is 12.3 Å². The van der Waals surface area contributed by atoms with Crippen LogP contribution in [0, 0.1) is 0 Å². The first-order valence-electron chi connectivity index (χ1n) is 3.09. The average Bonchev–Trinajstić information content (AvgIpc) is 2.50. The third-order valence-electron chi connectivity index (χ3n) is 1.30. The Morgan fingerprint density at radius 3 is 2.83 bits per heavy atom. The quantitative estimate of drug-likeness (QED) is 0.649. The normalized spacial score (nSPS) is 8.83. The monoisotopic (exact) mass is 253 g/mol. The molecule has 0 aliphatic rings. The third kappa shape index (κ3) is 2.53. The average molecular weight is 255 g/mol. The predicted octanol–water partition coefficient (Wildman–Crippen LogP) is 2.12. The standard InChI is InChI=1S/C7H8BrNO2.ClH/c1-11-7(10)6-2-5(3-8)4-9-6;/h2,4,9H,3H2,1H3;1H. The Bertz CT molecular complexity index is 262. The number of nitrogens with one attached hydrogen (secondary N) is 1. The Kier molecular flexibility index (Phi) is 5.01. The fourth-order valence-electron chi connectivity index (χ4n) is 0.744. The predicted molar refractivity (Wildman–Crippen MR) is 52.0 cm³/mol. The van der Waals surface area contributed by atoms with Gasteiger partial charge >= 0.3 is 5.97 Å². The Labute approximate surface area is 85.0 Å². The Balaban J connectivity index is 0.00000121. The van der Waals surface area contributed by atoms with Crippen molar-refractivity contribution in [2.75, 3.05) is 7.11 Å². The summed E-state index contributed by atoms with van der Waals surface area (Å²) >= 11 is 3.27. The van der Waals surface area contributed by atoms with Crippen molar-refractivity contribution < 1.29 is 9.53 Å². The molecule has 1 N–H and O–H groups in total. The second-order valence-corrected chi connectivity index (χ2v) is 2.61. The highest BCUT2D eigenvalue weighted by Crippen LogP contribution is 2.07. The van der Waals surface area contributed by atoms with Crippen LogP contribution < -0.4 is 0 Å². The summed E-state index contributed by atoms with van der Waals surface area (Å²) in [6, 6.07) is 1.75. The Morgan fingerprint density at radius 1 is 1.75 bits per heavy atom. The first-order chi connectivity index (χ1) is 5.27. The van der Waals surface area contributed by atoms with Gasteiger partial charge in [0.05, 0.1) is 7.11 Å². The Morgan fingerprint density at radius 2 is 2.42 bits per heavy atom. The molecule has 1 aromatic rings. The molecule has 0 fully saturated rings. The van der Waals surface area contributed by atoms with Crippen LogP contribution in [0.25, 0.3) is 0 Å². The van der Waals surface area contributed by atoms with Gasteiger partial charge in [-0.15, -0.1) is 12.4 Å². The van der Waals surface area contributed by atoms with Crippen molar-refractivity contribution in [2.45, 2.75) is 5.33 Å². The number of carbonyl (C=O) groups is 1. The van der Waals surface area contributed by atoms with Gasteiger partial charge in [-0.2, -0.15) is 0 Å². The lowest BCUT2D eigenvalue weighted by molar-refractivity contribution is 0.0595. The van der Waals surface area contributed by atoms with Gasteiger partial charge in [-0.05, 0) is 11.6 Å². The van der Waals surface area contributed by atoms with E-state index < -0.39 is 0 Å². The molecule has 3 nitrogen and oxygen atoms in total. The minimum absolute atomic E-state index is 0. The van der Waals surface area contributed by atoms with Gasteiger partial charge in [-0.25, -0.2) is 4.79 Å². The van der Waals surface area contributed by atoms with Crippen LogP contribution >= 0.6 is 28.3 Å². The van der Waals surface area contributed by atoms with Gasteiger partial charge in [0.2, 0.25) is 0 Å². The number of hydrogen-bond acceptors (Lipinski definition) is 2. The minimum atomic E-state index is -0.336. The number of aromatic nitrogens is 1. The fraction of sp³-hybridized carbons (Fsp3) is 0.286. The lowest BCUT2D eigenvalue weighted by Gasteiger charge is -1.91. The number of esters is 1. The molecule has 1 aromatic heterocycles. The summed E-state index contributed by atoms with van der Waals surface area (Å²) in [4.78, 5) is 13.7. The second kappa shape index (κ2) is 5.22. The number of ether oxygens (including phenoxy) is 1. The van der Waals surface area contributed by atoms with Crippen LogP contribution in [0.5, 0.6) is 0 Å². The summed E-state index contributed by atoms with van der Waals surface area (Å²) in [6.07, 6.45) is 1.76. The molecule has 0 atom stereocenters. The molecule has 1 heterocycles. The number of rotatable bonds is 2. The van der Waals surface area contributed by atoms with Gasteiger partial charge in [0.25, 0.3) is 0 Å². The van der Waals surface area contributed by atoms with Gasteiger partial charge < -0.3 is 9.72 Å². The van der Waals surface area contributed by atoms with E-state index in [9.17, 15) is 4.79 Å². The van der Waals surface area contributed by atoms with E-state index in [1.54, 1.807) is 12.3 Å². The number of aromatic amines is 1. The maximum atomic E-state index is 10.9. The molecule has 0 aliphatic carbocycles. The van der Waals surface area contributed by atoms with E-state index in [1.165, 1.54) is 7.11 Å². The smallest absolute Gasteiger partial charge is 0.354 e. The number of hydrogen-bond donors (Lipinski definition) is 1. The molecule has 12 heavy (non-hydrogen) atoms. The zero-order chi connectivity index (χ0) is 8.27. The molecular formula is C7H9BrClNO2. The highest BCUT2D eigenvalue weighted by Gasteiger charge is 2.06. The van der Waals surface area contributed by atoms with E-state index in [4.69, 9.17) is 0 Å². The van der Waals surface area contributed by atoms with E-state index in [0.717, 1.165) is 10.9 Å². The van der Waals surface area contributed by atoms with Crippen molar-refractivity contribution in [1.82, 2.24) is 4.98 Å². The van der Waals surface area contributed by atoms with E-state index in [-0.39, 0.29) is 18.4 Å². The van der Waals surface area contributed by atoms with Gasteiger partial charge in [0.15, 0.2) is 0 Å². The molecule has 0 aliphatic heterocycles. The van der Waals surface area contributed by atoms with Crippen LogP contribution in [0.4, 0.5) is 0 Å². The minimum Gasteiger partial charge on any atom is -0.464 e. The molecular weight excluding hydrogens is 245 g/mol. The fourth-order valence-corrected chi connectivity index (χ4v) is 1.07. The largest absolute Gasteiger partial charge is 0.464 e. The van der Waals surface area contributed by atoms with Gasteiger partial charge in [-0.3, -0.25) is 0 Å². The molecule has 0 aromatic carbocycles. The lowest BCUT2D eigenvalue weighted by atomic mass is 10.3. The summed E-state index contributed by atoms with van der Waals surface area (Å²) in [5, 5.41) is 0.737. The molecule has 68 valence electrons. The van der Waals surface area contributed by atoms with Crippen LogP contribution in [0.2, 0.25) is 0 Å². The third-order valence-corrected chi connectivity index (χ3v) is 1.95. The van der Waals surface area contributed by atoms with E-state index >= 15 is 0 Å². The zero-order valence-electron chi connectivity index (χ0n) is 6.46. The highest BCUT2D eigenvalue weighted by atomic mass is 79.9. The molecule has 0 amide bonds. The number of carbonyl (C=O) groups excluding carboxylic acids is 1. The molecule has 0 saturated carbocycles. The van der Waals surface area contributed by atoms with Crippen molar-refractivity contribution >= 4 is 34.3 Å². The van der Waals surface area contributed by atoms with E-state index in [2.05, 4.69) is 25.7 Å². The van der Waals surface area contributed by atoms with Crippen molar-refractivity contribution in [3.8, 4) is 0 Å². The molecule has 5 heteroatoms. The molecule has 0 saturated heterocycles. The molecule has 0 unspecified atom stereocenters.